The number of hydrogen-bond acceptors (Lipinski definition) is 4. The summed E-state index contributed by atoms with van der Waals surface area (Å²) in [5.41, 5.74) is 0.743. The first-order chi connectivity index (χ1) is 8.08. The average molecular weight is 259 g/mol. The molecule has 0 radical (unpaired) electrons. The number of halogens is 1. The number of fused-ring (bicyclic) bond motifs is 1. The van der Waals surface area contributed by atoms with Crippen molar-refractivity contribution in [3.8, 4) is 11.5 Å². The van der Waals surface area contributed by atoms with Crippen LogP contribution in [0.25, 0.3) is 0 Å². The molecule has 2 rings (SSSR count). The Bertz CT molecular complexity index is 446. The first kappa shape index (κ1) is 12.0. The van der Waals surface area contributed by atoms with Gasteiger partial charge in [0, 0.05) is 0 Å². The fourth-order valence-corrected chi connectivity index (χ4v) is 1.68. The third-order valence-corrected chi connectivity index (χ3v) is 2.62. The van der Waals surface area contributed by atoms with Crippen molar-refractivity contribution < 1.29 is 24.1 Å². The zero-order valence-corrected chi connectivity index (χ0v) is 9.86. The van der Waals surface area contributed by atoms with Crippen LogP contribution >= 0.6 is 11.6 Å². The minimum absolute atomic E-state index is 0.144. The molecule has 1 aliphatic rings. The Kier molecular flexibility index (Phi) is 3.40. The van der Waals surface area contributed by atoms with Crippen LogP contribution in [-0.4, -0.2) is 24.0 Å². The molecule has 5 nitrogen and oxygen atoms in total. The molecule has 1 aliphatic heterocycles. The monoisotopic (exact) mass is 258 g/mol. The second-order valence-electron chi connectivity index (χ2n) is 3.60. The van der Waals surface area contributed by atoms with Crippen LogP contribution in [0, 0.1) is 0 Å². The van der Waals surface area contributed by atoms with Crippen LogP contribution in [0.15, 0.2) is 12.1 Å². The number of carboxylic acids is 1. The van der Waals surface area contributed by atoms with Gasteiger partial charge in [-0.2, -0.15) is 0 Å². The number of aliphatic carboxylic acids is 1. The van der Waals surface area contributed by atoms with Crippen molar-refractivity contribution in [2.45, 2.75) is 19.6 Å². The van der Waals surface area contributed by atoms with Crippen LogP contribution in [-0.2, 0) is 16.1 Å². The van der Waals surface area contributed by atoms with E-state index in [1.54, 1.807) is 12.1 Å². The predicted octanol–water partition coefficient (Wildman–Crippen LogP) is 2.06. The van der Waals surface area contributed by atoms with E-state index in [1.165, 1.54) is 6.92 Å². The molecule has 1 atom stereocenters. The van der Waals surface area contributed by atoms with Gasteiger partial charge in [-0.05, 0) is 24.6 Å². The second kappa shape index (κ2) is 4.81. The summed E-state index contributed by atoms with van der Waals surface area (Å²) >= 11 is 5.98. The van der Waals surface area contributed by atoms with Gasteiger partial charge in [-0.15, -0.1) is 0 Å². The van der Waals surface area contributed by atoms with Crippen LogP contribution < -0.4 is 9.47 Å². The number of benzene rings is 1. The van der Waals surface area contributed by atoms with Crippen molar-refractivity contribution in [1.29, 1.82) is 0 Å². The van der Waals surface area contributed by atoms with E-state index < -0.39 is 12.1 Å². The topological polar surface area (TPSA) is 65.0 Å². The number of hydrogen-bond donors (Lipinski definition) is 1. The normalized spacial score (nSPS) is 14.7. The molecule has 6 heteroatoms. The summed E-state index contributed by atoms with van der Waals surface area (Å²) in [5.74, 6) is 0.0672. The van der Waals surface area contributed by atoms with Crippen molar-refractivity contribution in [2.24, 2.45) is 0 Å². The van der Waals surface area contributed by atoms with Crippen LogP contribution in [0.5, 0.6) is 11.5 Å². The summed E-state index contributed by atoms with van der Waals surface area (Å²) in [4.78, 5) is 10.6. The van der Waals surface area contributed by atoms with Gasteiger partial charge in [-0.1, -0.05) is 11.6 Å². The molecule has 1 aromatic rings. The van der Waals surface area contributed by atoms with Crippen molar-refractivity contribution in [3.63, 3.8) is 0 Å². The molecular weight excluding hydrogens is 248 g/mol. The summed E-state index contributed by atoms with van der Waals surface area (Å²) < 4.78 is 15.5. The standard InChI is InChI=1S/C11H11ClO5/c1-6(11(13)14)15-4-7-2-8(12)10-9(3-7)16-5-17-10/h2-3,6H,4-5H2,1H3,(H,13,14). The Morgan fingerprint density at radius 2 is 2.35 bits per heavy atom. The van der Waals surface area contributed by atoms with Gasteiger partial charge in [0.05, 0.1) is 11.6 Å². The highest BCUT2D eigenvalue weighted by atomic mass is 35.5. The molecule has 0 bridgehead atoms. The lowest BCUT2D eigenvalue weighted by Crippen LogP contribution is -2.19. The highest BCUT2D eigenvalue weighted by molar-refractivity contribution is 6.32. The van der Waals surface area contributed by atoms with E-state index in [2.05, 4.69) is 0 Å². The van der Waals surface area contributed by atoms with E-state index in [0.717, 1.165) is 5.56 Å². The maximum atomic E-state index is 10.6. The number of rotatable bonds is 4. The summed E-state index contributed by atoms with van der Waals surface area (Å²) in [7, 11) is 0. The highest BCUT2D eigenvalue weighted by Crippen LogP contribution is 2.39. The van der Waals surface area contributed by atoms with Crippen LogP contribution in [0.1, 0.15) is 12.5 Å². The Hall–Kier alpha value is -1.46. The van der Waals surface area contributed by atoms with E-state index in [9.17, 15) is 4.79 Å². The molecule has 0 saturated heterocycles. The van der Waals surface area contributed by atoms with Gasteiger partial charge >= 0.3 is 5.97 Å². The van der Waals surface area contributed by atoms with Crippen molar-refractivity contribution in [2.75, 3.05) is 6.79 Å². The third kappa shape index (κ3) is 2.62. The fourth-order valence-electron chi connectivity index (χ4n) is 1.40. The van der Waals surface area contributed by atoms with Gasteiger partial charge in [0.25, 0.3) is 0 Å². The largest absolute Gasteiger partial charge is 0.479 e. The minimum Gasteiger partial charge on any atom is -0.479 e. The second-order valence-corrected chi connectivity index (χ2v) is 4.01. The maximum Gasteiger partial charge on any atom is 0.332 e. The molecule has 92 valence electrons. The van der Waals surface area contributed by atoms with Gasteiger partial charge in [0.1, 0.15) is 0 Å². The van der Waals surface area contributed by atoms with Crippen LogP contribution in [0.3, 0.4) is 0 Å². The zero-order valence-electron chi connectivity index (χ0n) is 9.10. The smallest absolute Gasteiger partial charge is 0.332 e. The molecule has 17 heavy (non-hydrogen) atoms. The lowest BCUT2D eigenvalue weighted by molar-refractivity contribution is -0.149. The molecule has 1 aromatic carbocycles. The molecule has 1 unspecified atom stereocenters. The van der Waals surface area contributed by atoms with Crippen molar-refractivity contribution in [1.82, 2.24) is 0 Å². The van der Waals surface area contributed by atoms with E-state index in [1.807, 2.05) is 0 Å². The summed E-state index contributed by atoms with van der Waals surface area (Å²) in [6.07, 6.45) is -0.862. The quantitative estimate of drug-likeness (QED) is 0.895. The summed E-state index contributed by atoms with van der Waals surface area (Å²) in [6.45, 7) is 1.77. The van der Waals surface area contributed by atoms with Gasteiger partial charge in [-0.25, -0.2) is 4.79 Å². The fraction of sp³-hybridized carbons (Fsp3) is 0.364. The first-order valence-electron chi connectivity index (χ1n) is 5.00. The lowest BCUT2D eigenvalue weighted by Gasteiger charge is -2.09. The molecule has 0 saturated carbocycles. The highest BCUT2D eigenvalue weighted by Gasteiger charge is 2.19. The molecule has 1 heterocycles. The van der Waals surface area contributed by atoms with Crippen LogP contribution in [0.2, 0.25) is 5.02 Å². The molecule has 1 N–H and O–H groups in total. The van der Waals surface area contributed by atoms with E-state index in [-0.39, 0.29) is 13.4 Å². The first-order valence-corrected chi connectivity index (χ1v) is 5.38. The Labute approximate surface area is 103 Å². The van der Waals surface area contributed by atoms with E-state index in [4.69, 9.17) is 30.9 Å². The Morgan fingerprint density at radius 3 is 3.06 bits per heavy atom. The van der Waals surface area contributed by atoms with Crippen molar-refractivity contribution >= 4 is 17.6 Å². The molecule has 0 fully saturated rings. The van der Waals surface area contributed by atoms with Crippen molar-refractivity contribution in [3.05, 3.63) is 22.7 Å². The SMILES string of the molecule is CC(OCc1cc(Cl)c2c(c1)OCO2)C(=O)O. The molecule has 0 aliphatic carbocycles. The molecule has 0 amide bonds. The minimum atomic E-state index is -1.00. The molecule has 0 spiro atoms. The van der Waals surface area contributed by atoms with Gasteiger partial charge in [0.15, 0.2) is 17.6 Å². The van der Waals surface area contributed by atoms with Gasteiger partial charge in [0.2, 0.25) is 6.79 Å². The molecule has 0 aromatic heterocycles. The van der Waals surface area contributed by atoms with E-state index >= 15 is 0 Å². The molecular formula is C11H11ClO5. The number of carboxylic acid groups (broad SMARTS) is 1. The summed E-state index contributed by atoms with van der Waals surface area (Å²) in [6, 6.07) is 3.40. The summed E-state index contributed by atoms with van der Waals surface area (Å²) in [5, 5.41) is 9.11. The van der Waals surface area contributed by atoms with Gasteiger partial charge < -0.3 is 19.3 Å². The maximum absolute atomic E-state index is 10.6. The number of carbonyl (C=O) groups is 1. The van der Waals surface area contributed by atoms with E-state index in [0.29, 0.717) is 16.5 Å². The predicted molar refractivity (Wildman–Crippen MR) is 59.5 cm³/mol. The third-order valence-electron chi connectivity index (χ3n) is 2.33. The average Bonchev–Trinajstić information content (AvgIpc) is 2.74. The van der Waals surface area contributed by atoms with Gasteiger partial charge in [-0.3, -0.25) is 0 Å². The Balaban J connectivity index is 2.07. The van der Waals surface area contributed by atoms with Crippen LogP contribution in [0.4, 0.5) is 0 Å². The number of ether oxygens (including phenoxy) is 3. The Morgan fingerprint density at radius 1 is 1.59 bits per heavy atom. The lowest BCUT2D eigenvalue weighted by atomic mass is 10.2. The zero-order chi connectivity index (χ0) is 12.4.